The lowest BCUT2D eigenvalue weighted by atomic mass is 9.98. The zero-order valence-electron chi connectivity index (χ0n) is 16.1. The monoisotopic (exact) mass is 404 g/mol. The summed E-state index contributed by atoms with van der Waals surface area (Å²) in [5, 5.41) is 2.95. The zero-order chi connectivity index (χ0) is 20.3. The second-order valence-electron chi connectivity index (χ2n) is 7.39. The predicted octanol–water partition coefficient (Wildman–Crippen LogP) is 3.62. The topological polar surface area (TPSA) is 66.5 Å². The summed E-state index contributed by atoms with van der Waals surface area (Å²) in [6, 6.07) is 11.3. The highest BCUT2D eigenvalue weighted by atomic mass is 32.2. The van der Waals surface area contributed by atoms with Crippen molar-refractivity contribution in [1.82, 2.24) is 4.31 Å². The van der Waals surface area contributed by atoms with Crippen LogP contribution in [0.3, 0.4) is 0 Å². The molecule has 28 heavy (non-hydrogen) atoms. The molecule has 1 unspecified atom stereocenters. The van der Waals surface area contributed by atoms with Crippen LogP contribution in [0, 0.1) is 25.6 Å². The van der Waals surface area contributed by atoms with Crippen LogP contribution in [-0.4, -0.2) is 31.7 Å². The summed E-state index contributed by atoms with van der Waals surface area (Å²) in [6.07, 6.45) is 1.28. The number of benzene rings is 2. The van der Waals surface area contributed by atoms with Crippen molar-refractivity contribution in [2.75, 3.05) is 18.4 Å². The summed E-state index contributed by atoms with van der Waals surface area (Å²) >= 11 is 0. The molecule has 1 saturated heterocycles. The van der Waals surface area contributed by atoms with Crippen LogP contribution < -0.4 is 5.32 Å². The Morgan fingerprint density at radius 2 is 1.89 bits per heavy atom. The standard InChI is InChI=1S/C21H25FN2O3S/c1-15-5-6-16(2)20(12-15)23-21(25)18-4-3-11-24(13-18)28(26,27)14-17-7-9-19(22)10-8-17/h5-10,12,18H,3-4,11,13-14H2,1-2H3,(H,23,25). The lowest BCUT2D eigenvalue weighted by molar-refractivity contribution is -0.120. The number of hydrogen-bond acceptors (Lipinski definition) is 3. The SMILES string of the molecule is Cc1ccc(C)c(NC(=O)C2CCCN(S(=O)(=O)Cc3ccc(F)cc3)C2)c1. The number of anilines is 1. The van der Waals surface area contributed by atoms with Gasteiger partial charge in [-0.1, -0.05) is 24.3 Å². The first-order valence-corrected chi connectivity index (χ1v) is 11.0. The minimum absolute atomic E-state index is 0.157. The molecule has 150 valence electrons. The van der Waals surface area contributed by atoms with E-state index in [0.29, 0.717) is 24.9 Å². The molecule has 5 nitrogen and oxygen atoms in total. The van der Waals surface area contributed by atoms with Gasteiger partial charge in [0.25, 0.3) is 0 Å². The van der Waals surface area contributed by atoms with Gasteiger partial charge in [0.1, 0.15) is 5.82 Å². The zero-order valence-corrected chi connectivity index (χ0v) is 16.9. The summed E-state index contributed by atoms with van der Waals surface area (Å²) in [4.78, 5) is 12.7. The number of nitrogens with zero attached hydrogens (tertiary/aromatic N) is 1. The number of rotatable bonds is 5. The Labute approximate surface area is 165 Å². The molecule has 1 fully saturated rings. The Bertz CT molecular complexity index is 958. The van der Waals surface area contributed by atoms with Crippen molar-refractivity contribution < 1.29 is 17.6 Å². The van der Waals surface area contributed by atoms with Crippen LogP contribution in [0.5, 0.6) is 0 Å². The molecule has 0 bridgehead atoms. The van der Waals surface area contributed by atoms with Crippen LogP contribution in [0.2, 0.25) is 0 Å². The van der Waals surface area contributed by atoms with E-state index >= 15 is 0 Å². The van der Waals surface area contributed by atoms with Crippen molar-refractivity contribution in [2.45, 2.75) is 32.4 Å². The van der Waals surface area contributed by atoms with Gasteiger partial charge in [-0.15, -0.1) is 0 Å². The number of halogens is 1. The van der Waals surface area contributed by atoms with E-state index in [9.17, 15) is 17.6 Å². The van der Waals surface area contributed by atoms with Gasteiger partial charge in [-0.3, -0.25) is 4.79 Å². The van der Waals surface area contributed by atoms with E-state index in [2.05, 4.69) is 5.32 Å². The Morgan fingerprint density at radius 1 is 1.18 bits per heavy atom. The third-order valence-corrected chi connectivity index (χ3v) is 6.88. The fourth-order valence-electron chi connectivity index (χ4n) is 3.40. The van der Waals surface area contributed by atoms with E-state index < -0.39 is 21.8 Å². The number of carbonyl (C=O) groups is 1. The molecular formula is C21H25FN2O3S. The normalized spacial score (nSPS) is 18.0. The molecule has 1 aliphatic heterocycles. The third kappa shape index (κ3) is 4.97. The van der Waals surface area contributed by atoms with Gasteiger partial charge in [0.05, 0.1) is 11.7 Å². The number of carbonyl (C=O) groups excluding carboxylic acids is 1. The molecule has 1 heterocycles. The number of sulfonamides is 1. The summed E-state index contributed by atoms with van der Waals surface area (Å²) in [6.45, 7) is 4.45. The number of piperidine rings is 1. The molecule has 2 aromatic rings. The van der Waals surface area contributed by atoms with Crippen LogP contribution in [-0.2, 0) is 20.6 Å². The first kappa shape index (κ1) is 20.5. The lowest BCUT2D eigenvalue weighted by Gasteiger charge is -2.31. The van der Waals surface area contributed by atoms with Crippen molar-refractivity contribution >= 4 is 21.6 Å². The third-order valence-electron chi connectivity index (χ3n) is 5.06. The number of hydrogen-bond donors (Lipinski definition) is 1. The van der Waals surface area contributed by atoms with E-state index in [4.69, 9.17) is 0 Å². The molecule has 0 spiro atoms. The molecule has 0 aliphatic carbocycles. The minimum Gasteiger partial charge on any atom is -0.326 e. The molecule has 0 radical (unpaired) electrons. The van der Waals surface area contributed by atoms with Gasteiger partial charge in [-0.25, -0.2) is 17.1 Å². The molecule has 7 heteroatoms. The smallest absolute Gasteiger partial charge is 0.228 e. The Balaban J connectivity index is 1.68. The Hall–Kier alpha value is -2.25. The first-order valence-electron chi connectivity index (χ1n) is 9.35. The molecule has 0 saturated carbocycles. The maximum absolute atomic E-state index is 13.0. The van der Waals surface area contributed by atoms with E-state index in [0.717, 1.165) is 16.8 Å². The van der Waals surface area contributed by atoms with Gasteiger partial charge < -0.3 is 5.32 Å². The van der Waals surface area contributed by atoms with Gasteiger partial charge in [0.2, 0.25) is 15.9 Å². The van der Waals surface area contributed by atoms with E-state index in [1.54, 1.807) is 0 Å². The van der Waals surface area contributed by atoms with Crippen LogP contribution in [0.25, 0.3) is 0 Å². The van der Waals surface area contributed by atoms with Gasteiger partial charge in [-0.05, 0) is 61.6 Å². The van der Waals surface area contributed by atoms with Crippen LogP contribution in [0.4, 0.5) is 10.1 Å². The molecule has 2 aromatic carbocycles. The second kappa shape index (κ2) is 8.41. The summed E-state index contributed by atoms with van der Waals surface area (Å²) in [5.74, 6) is -1.15. The fourth-order valence-corrected chi connectivity index (χ4v) is 5.01. The minimum atomic E-state index is -3.57. The summed E-state index contributed by atoms with van der Waals surface area (Å²) in [5.41, 5.74) is 3.31. The quantitative estimate of drug-likeness (QED) is 0.828. The van der Waals surface area contributed by atoms with Gasteiger partial charge in [0.15, 0.2) is 0 Å². The average Bonchev–Trinajstić information content (AvgIpc) is 2.66. The highest BCUT2D eigenvalue weighted by molar-refractivity contribution is 7.88. The second-order valence-corrected chi connectivity index (χ2v) is 9.36. The van der Waals surface area contributed by atoms with Crippen molar-refractivity contribution in [1.29, 1.82) is 0 Å². The van der Waals surface area contributed by atoms with Crippen LogP contribution >= 0.6 is 0 Å². The molecule has 0 aromatic heterocycles. The Kier molecular flexibility index (Phi) is 6.15. The van der Waals surface area contributed by atoms with Crippen molar-refractivity contribution in [3.63, 3.8) is 0 Å². The van der Waals surface area contributed by atoms with Crippen molar-refractivity contribution in [3.05, 3.63) is 65.0 Å². The number of nitrogens with one attached hydrogen (secondary N) is 1. The van der Waals surface area contributed by atoms with Gasteiger partial charge in [-0.2, -0.15) is 0 Å². The maximum Gasteiger partial charge on any atom is 0.228 e. The lowest BCUT2D eigenvalue weighted by Crippen LogP contribution is -2.44. The highest BCUT2D eigenvalue weighted by Crippen LogP contribution is 2.24. The van der Waals surface area contributed by atoms with Crippen LogP contribution in [0.15, 0.2) is 42.5 Å². The molecule has 1 aliphatic rings. The number of amides is 1. The summed E-state index contributed by atoms with van der Waals surface area (Å²) < 4.78 is 40.0. The van der Waals surface area contributed by atoms with E-state index in [1.807, 2.05) is 32.0 Å². The molecule has 3 rings (SSSR count). The van der Waals surface area contributed by atoms with E-state index in [1.165, 1.54) is 28.6 Å². The number of aryl methyl sites for hydroxylation is 2. The van der Waals surface area contributed by atoms with Crippen molar-refractivity contribution in [2.24, 2.45) is 5.92 Å². The Morgan fingerprint density at radius 3 is 2.61 bits per heavy atom. The van der Waals surface area contributed by atoms with Gasteiger partial charge >= 0.3 is 0 Å². The first-order chi connectivity index (χ1) is 13.2. The average molecular weight is 405 g/mol. The van der Waals surface area contributed by atoms with Crippen molar-refractivity contribution in [3.8, 4) is 0 Å². The maximum atomic E-state index is 13.0. The molecular weight excluding hydrogens is 379 g/mol. The van der Waals surface area contributed by atoms with Gasteiger partial charge in [0, 0.05) is 18.8 Å². The highest BCUT2D eigenvalue weighted by Gasteiger charge is 2.32. The molecule has 1 amide bonds. The molecule has 1 atom stereocenters. The van der Waals surface area contributed by atoms with E-state index in [-0.39, 0.29) is 18.2 Å². The summed E-state index contributed by atoms with van der Waals surface area (Å²) in [7, 11) is -3.57. The molecule has 1 N–H and O–H groups in total. The predicted molar refractivity (Wildman–Crippen MR) is 108 cm³/mol. The van der Waals surface area contributed by atoms with Crippen LogP contribution in [0.1, 0.15) is 29.5 Å². The fraction of sp³-hybridized carbons (Fsp3) is 0.381. The largest absolute Gasteiger partial charge is 0.326 e.